The zero-order valence-corrected chi connectivity index (χ0v) is 19.0. The maximum Gasteiger partial charge on any atom is 0.223 e. The smallest absolute Gasteiger partial charge is 0.223 e. The molecule has 1 saturated heterocycles. The van der Waals surface area contributed by atoms with Gasteiger partial charge in [-0.05, 0) is 64.4 Å². The maximum absolute atomic E-state index is 13.2. The Balaban J connectivity index is 0.00000272. The molecule has 8 heteroatoms. The van der Waals surface area contributed by atoms with E-state index in [9.17, 15) is 4.39 Å². The largest absolute Gasteiger partial charge is 0.356 e. The highest BCUT2D eigenvalue weighted by Crippen LogP contribution is 2.35. The molecule has 0 aliphatic carbocycles. The highest BCUT2D eigenvalue weighted by atomic mass is 35.5. The van der Waals surface area contributed by atoms with E-state index in [2.05, 4.69) is 34.2 Å². The lowest BCUT2D eigenvalue weighted by molar-refractivity contribution is 0.203. The average Bonchev–Trinajstić information content (AvgIpc) is 3.16. The SMILES string of the molecule is Cc1cc(-c2cnc(NC(C)C)nc2C2CCN(Cc3ccc(F)cc3)CC2)on1.Cl. The first-order chi connectivity index (χ1) is 14.5. The number of aryl methyl sites for hydroxylation is 1. The van der Waals surface area contributed by atoms with Gasteiger partial charge in [0, 0.05) is 30.8 Å². The van der Waals surface area contributed by atoms with Crippen LogP contribution in [-0.2, 0) is 6.54 Å². The van der Waals surface area contributed by atoms with E-state index in [1.54, 1.807) is 0 Å². The zero-order valence-electron chi connectivity index (χ0n) is 18.1. The molecule has 31 heavy (non-hydrogen) atoms. The van der Waals surface area contributed by atoms with E-state index < -0.39 is 0 Å². The Kier molecular flexibility index (Phi) is 7.62. The Bertz CT molecular complexity index is 984. The second kappa shape index (κ2) is 10.2. The summed E-state index contributed by atoms with van der Waals surface area (Å²) in [6, 6.07) is 8.96. The lowest BCUT2D eigenvalue weighted by Crippen LogP contribution is -2.33. The van der Waals surface area contributed by atoms with Crippen LogP contribution in [0.1, 0.15) is 49.6 Å². The minimum absolute atomic E-state index is 0. The van der Waals surface area contributed by atoms with Crippen LogP contribution in [0.15, 0.2) is 41.1 Å². The number of benzene rings is 1. The van der Waals surface area contributed by atoms with Crippen molar-refractivity contribution in [3.63, 3.8) is 0 Å². The van der Waals surface area contributed by atoms with Gasteiger partial charge in [0.05, 0.1) is 17.0 Å². The van der Waals surface area contributed by atoms with Gasteiger partial charge in [-0.25, -0.2) is 14.4 Å². The van der Waals surface area contributed by atoms with Crippen LogP contribution in [0, 0.1) is 12.7 Å². The van der Waals surface area contributed by atoms with E-state index in [-0.39, 0.29) is 24.3 Å². The lowest BCUT2D eigenvalue weighted by Gasteiger charge is -2.32. The van der Waals surface area contributed by atoms with Gasteiger partial charge in [-0.2, -0.15) is 0 Å². The van der Waals surface area contributed by atoms with Crippen LogP contribution >= 0.6 is 12.4 Å². The molecular weight excluding hydrogens is 417 g/mol. The Morgan fingerprint density at radius 1 is 1.19 bits per heavy atom. The third-order valence-corrected chi connectivity index (χ3v) is 5.42. The molecule has 0 spiro atoms. The molecule has 1 N–H and O–H groups in total. The quantitative estimate of drug-likeness (QED) is 0.562. The molecule has 0 bridgehead atoms. The van der Waals surface area contributed by atoms with Gasteiger partial charge >= 0.3 is 0 Å². The molecule has 6 nitrogen and oxygen atoms in total. The molecule has 1 aromatic carbocycles. The maximum atomic E-state index is 13.2. The van der Waals surface area contributed by atoms with Crippen molar-refractivity contribution in [1.82, 2.24) is 20.0 Å². The van der Waals surface area contributed by atoms with Gasteiger partial charge in [0.15, 0.2) is 5.76 Å². The number of hydrogen-bond donors (Lipinski definition) is 1. The molecule has 1 aliphatic rings. The third kappa shape index (κ3) is 5.80. The van der Waals surface area contributed by atoms with Gasteiger partial charge in [-0.1, -0.05) is 17.3 Å². The molecular formula is C23H29ClFN5O. The van der Waals surface area contributed by atoms with Gasteiger partial charge in [-0.15, -0.1) is 12.4 Å². The number of hydrogen-bond acceptors (Lipinski definition) is 6. The van der Waals surface area contributed by atoms with Crippen molar-refractivity contribution in [2.75, 3.05) is 18.4 Å². The molecule has 1 aliphatic heterocycles. The van der Waals surface area contributed by atoms with Crippen LogP contribution < -0.4 is 5.32 Å². The van der Waals surface area contributed by atoms with Crippen molar-refractivity contribution in [3.8, 4) is 11.3 Å². The Morgan fingerprint density at radius 3 is 2.52 bits per heavy atom. The topological polar surface area (TPSA) is 67.1 Å². The van der Waals surface area contributed by atoms with E-state index in [0.717, 1.165) is 55.0 Å². The number of piperidine rings is 1. The number of likely N-dealkylation sites (tertiary alicyclic amines) is 1. The minimum atomic E-state index is -0.192. The fraction of sp³-hybridized carbons (Fsp3) is 0.435. The van der Waals surface area contributed by atoms with Crippen LogP contribution in [0.5, 0.6) is 0 Å². The molecule has 3 heterocycles. The highest BCUT2D eigenvalue weighted by molar-refractivity contribution is 5.85. The average molecular weight is 446 g/mol. The van der Waals surface area contributed by atoms with Crippen LogP contribution in [-0.4, -0.2) is 39.2 Å². The van der Waals surface area contributed by atoms with Gasteiger partial charge in [0.2, 0.25) is 5.95 Å². The molecule has 0 radical (unpaired) electrons. The van der Waals surface area contributed by atoms with Gasteiger partial charge in [0.1, 0.15) is 5.82 Å². The van der Waals surface area contributed by atoms with Crippen molar-refractivity contribution in [2.24, 2.45) is 0 Å². The molecule has 3 aromatic rings. The summed E-state index contributed by atoms with van der Waals surface area (Å²) in [7, 11) is 0. The summed E-state index contributed by atoms with van der Waals surface area (Å²) in [6.07, 6.45) is 3.84. The molecule has 0 saturated carbocycles. The van der Waals surface area contributed by atoms with Crippen molar-refractivity contribution in [1.29, 1.82) is 0 Å². The molecule has 166 valence electrons. The summed E-state index contributed by atoms with van der Waals surface area (Å²) in [4.78, 5) is 11.8. The Labute approximate surface area is 188 Å². The van der Waals surface area contributed by atoms with E-state index >= 15 is 0 Å². The highest BCUT2D eigenvalue weighted by Gasteiger charge is 2.26. The fourth-order valence-corrected chi connectivity index (χ4v) is 3.93. The number of rotatable bonds is 6. The Hall–Kier alpha value is -2.51. The molecule has 2 aromatic heterocycles. The third-order valence-electron chi connectivity index (χ3n) is 5.42. The first-order valence-corrected chi connectivity index (χ1v) is 10.5. The molecule has 4 rings (SSSR count). The van der Waals surface area contributed by atoms with E-state index in [4.69, 9.17) is 9.51 Å². The van der Waals surface area contributed by atoms with Crippen molar-refractivity contribution in [2.45, 2.75) is 52.1 Å². The second-order valence-corrected chi connectivity index (χ2v) is 8.30. The van der Waals surface area contributed by atoms with Gasteiger partial charge < -0.3 is 9.84 Å². The number of aromatic nitrogens is 3. The normalized spacial score (nSPS) is 15.1. The van der Waals surface area contributed by atoms with Crippen molar-refractivity contribution < 1.29 is 8.91 Å². The summed E-state index contributed by atoms with van der Waals surface area (Å²) in [5.41, 5.74) is 3.92. The van der Waals surface area contributed by atoms with E-state index in [0.29, 0.717) is 17.6 Å². The standard InChI is InChI=1S/C23H28FN5O.ClH/c1-15(2)26-23-25-13-20(21-12-16(3)28-30-21)22(27-23)18-8-10-29(11-9-18)14-17-4-6-19(24)7-5-17;/h4-7,12-13,15,18H,8-11,14H2,1-3H3,(H,25,26,27);1H. The van der Waals surface area contributed by atoms with E-state index in [1.165, 1.54) is 12.1 Å². The van der Waals surface area contributed by atoms with Crippen LogP contribution in [0.3, 0.4) is 0 Å². The monoisotopic (exact) mass is 445 g/mol. The van der Waals surface area contributed by atoms with Crippen LogP contribution in [0.4, 0.5) is 10.3 Å². The molecule has 0 amide bonds. The molecule has 0 atom stereocenters. The summed E-state index contributed by atoms with van der Waals surface area (Å²) >= 11 is 0. The summed E-state index contributed by atoms with van der Waals surface area (Å²) in [5, 5.41) is 7.34. The van der Waals surface area contributed by atoms with Crippen LogP contribution in [0.25, 0.3) is 11.3 Å². The van der Waals surface area contributed by atoms with E-state index in [1.807, 2.05) is 31.3 Å². The summed E-state index contributed by atoms with van der Waals surface area (Å²) in [6.45, 7) is 8.83. The van der Waals surface area contributed by atoms with Crippen LogP contribution in [0.2, 0.25) is 0 Å². The zero-order chi connectivity index (χ0) is 21.1. The first-order valence-electron chi connectivity index (χ1n) is 10.5. The number of anilines is 1. The molecule has 1 fully saturated rings. The number of nitrogens with one attached hydrogen (secondary N) is 1. The summed E-state index contributed by atoms with van der Waals surface area (Å²) in [5.74, 6) is 1.49. The van der Waals surface area contributed by atoms with Crippen molar-refractivity contribution in [3.05, 3.63) is 59.3 Å². The first kappa shape index (κ1) is 23.2. The minimum Gasteiger partial charge on any atom is -0.356 e. The number of nitrogens with zero attached hydrogens (tertiary/aromatic N) is 4. The second-order valence-electron chi connectivity index (χ2n) is 8.30. The Morgan fingerprint density at radius 2 is 1.90 bits per heavy atom. The lowest BCUT2D eigenvalue weighted by atomic mass is 9.90. The molecule has 0 unspecified atom stereocenters. The predicted octanol–water partition coefficient (Wildman–Crippen LogP) is 5.20. The van der Waals surface area contributed by atoms with Gasteiger partial charge in [0.25, 0.3) is 0 Å². The summed E-state index contributed by atoms with van der Waals surface area (Å²) < 4.78 is 18.7. The number of halogens is 2. The predicted molar refractivity (Wildman–Crippen MR) is 122 cm³/mol. The van der Waals surface area contributed by atoms with Crippen molar-refractivity contribution >= 4 is 18.4 Å². The van der Waals surface area contributed by atoms with Gasteiger partial charge in [-0.3, -0.25) is 4.90 Å². The fourth-order valence-electron chi connectivity index (χ4n) is 3.93.